The molecule has 0 saturated carbocycles. The summed E-state index contributed by atoms with van der Waals surface area (Å²) in [6.07, 6.45) is 1.51. The number of benzene rings is 2. The van der Waals surface area contributed by atoms with Gasteiger partial charge in [0.1, 0.15) is 16.6 Å². The molecule has 1 atom stereocenters. The fourth-order valence-electron chi connectivity index (χ4n) is 3.57. The first kappa shape index (κ1) is 24.8. The molecular formula is C23H18ClF3N6OS2. The molecule has 1 fully saturated rings. The fraction of sp³-hybridized carbons (Fsp3) is 0.174. The molecular weight excluding hydrogens is 533 g/mol. The lowest BCUT2D eigenvalue weighted by Gasteiger charge is -2.21. The largest absolute Gasteiger partial charge is 0.378 e. The van der Waals surface area contributed by atoms with E-state index in [9.17, 15) is 8.78 Å². The van der Waals surface area contributed by atoms with Crippen molar-refractivity contribution in [3.8, 4) is 21.8 Å². The lowest BCUT2D eigenvalue weighted by molar-refractivity contribution is 0.0768. The number of ether oxygens (including phenoxy) is 1. The van der Waals surface area contributed by atoms with Gasteiger partial charge in [-0.15, -0.1) is 11.3 Å². The topological polar surface area (TPSA) is 98.0 Å². The number of thiazole rings is 1. The second-order valence-electron chi connectivity index (χ2n) is 7.71. The van der Waals surface area contributed by atoms with Crippen LogP contribution >= 0.6 is 34.9 Å². The quantitative estimate of drug-likeness (QED) is 0.263. The summed E-state index contributed by atoms with van der Waals surface area (Å²) in [5.41, 5.74) is 6.67. The van der Waals surface area contributed by atoms with Gasteiger partial charge in [-0.25, -0.2) is 28.1 Å². The fourth-order valence-corrected chi connectivity index (χ4v) is 5.60. The Bertz CT molecular complexity index is 1420. The van der Waals surface area contributed by atoms with Gasteiger partial charge in [0.2, 0.25) is 5.95 Å². The number of morpholine rings is 1. The molecule has 4 N–H and O–H groups in total. The Morgan fingerprint density at radius 1 is 1.17 bits per heavy atom. The number of halogens is 4. The standard InChI is InChI=1S/C23H18ClF3N6OS2/c24-11-7-13(19(27)16(8-11)33-36-18-9-12(25)1-2-14(18)26)20-21(15-3-4-30-23(28)31-15)35-22(32-20)17-10-34-6-5-29-17/h1-4,7-9,17,29,33H,5-6,10H2,(H2,28,30,31). The molecule has 13 heteroatoms. The highest BCUT2D eigenvalue weighted by molar-refractivity contribution is 8.00. The molecule has 7 nitrogen and oxygen atoms in total. The van der Waals surface area contributed by atoms with Crippen molar-refractivity contribution < 1.29 is 17.9 Å². The van der Waals surface area contributed by atoms with Gasteiger partial charge in [0.15, 0.2) is 5.82 Å². The van der Waals surface area contributed by atoms with Crippen molar-refractivity contribution in [3.05, 3.63) is 70.1 Å². The van der Waals surface area contributed by atoms with Crippen molar-refractivity contribution in [2.75, 3.05) is 30.2 Å². The van der Waals surface area contributed by atoms with Crippen molar-refractivity contribution in [1.82, 2.24) is 20.3 Å². The summed E-state index contributed by atoms with van der Waals surface area (Å²) in [6.45, 7) is 1.66. The van der Waals surface area contributed by atoms with E-state index in [0.717, 1.165) is 30.1 Å². The number of hydrogen-bond donors (Lipinski definition) is 3. The molecule has 5 rings (SSSR count). The third-order valence-electron chi connectivity index (χ3n) is 5.23. The monoisotopic (exact) mass is 550 g/mol. The molecule has 2 aromatic heterocycles. The van der Waals surface area contributed by atoms with E-state index in [1.165, 1.54) is 29.7 Å². The summed E-state index contributed by atoms with van der Waals surface area (Å²) >= 11 is 8.39. The Balaban J connectivity index is 1.57. The van der Waals surface area contributed by atoms with Gasteiger partial charge in [-0.2, -0.15) is 0 Å². The van der Waals surface area contributed by atoms with Gasteiger partial charge in [0.25, 0.3) is 0 Å². The number of nitrogens with one attached hydrogen (secondary N) is 2. The molecule has 0 spiro atoms. The molecule has 1 unspecified atom stereocenters. The van der Waals surface area contributed by atoms with Crippen LogP contribution in [0.4, 0.5) is 24.8 Å². The van der Waals surface area contributed by atoms with Crippen molar-refractivity contribution in [3.63, 3.8) is 0 Å². The minimum absolute atomic E-state index is 0.0204. The van der Waals surface area contributed by atoms with E-state index in [1.54, 1.807) is 6.07 Å². The molecule has 1 saturated heterocycles. The summed E-state index contributed by atoms with van der Waals surface area (Å²) in [5, 5.41) is 4.24. The first-order chi connectivity index (χ1) is 17.4. The number of hydrogen-bond acceptors (Lipinski definition) is 9. The van der Waals surface area contributed by atoms with Crippen LogP contribution in [0.1, 0.15) is 11.0 Å². The first-order valence-electron chi connectivity index (χ1n) is 10.7. The number of nitrogen functional groups attached to an aromatic ring is 1. The van der Waals surface area contributed by atoms with E-state index in [0.29, 0.717) is 41.0 Å². The third kappa shape index (κ3) is 5.27. The highest BCUT2D eigenvalue weighted by atomic mass is 35.5. The maximum absolute atomic E-state index is 15.8. The van der Waals surface area contributed by atoms with E-state index < -0.39 is 17.5 Å². The van der Waals surface area contributed by atoms with Gasteiger partial charge in [-0.05, 0) is 48.3 Å². The highest BCUT2D eigenvalue weighted by Crippen LogP contribution is 2.42. The molecule has 0 aliphatic carbocycles. The predicted octanol–water partition coefficient (Wildman–Crippen LogP) is 5.70. The SMILES string of the molecule is Nc1nccc(-c2sc(C3COCCN3)nc2-c2cc(Cl)cc(NSc3cc(F)ccc3F)c2F)n1. The van der Waals surface area contributed by atoms with Crippen LogP contribution in [0.2, 0.25) is 5.02 Å². The molecule has 1 aliphatic rings. The minimum Gasteiger partial charge on any atom is -0.378 e. The van der Waals surface area contributed by atoms with Crippen LogP contribution in [-0.4, -0.2) is 34.7 Å². The summed E-state index contributed by atoms with van der Waals surface area (Å²) in [4.78, 5) is 13.5. The zero-order chi connectivity index (χ0) is 25.2. The van der Waals surface area contributed by atoms with E-state index in [4.69, 9.17) is 27.1 Å². The average molecular weight is 551 g/mol. The minimum atomic E-state index is -0.670. The van der Waals surface area contributed by atoms with Crippen molar-refractivity contribution in [1.29, 1.82) is 0 Å². The van der Waals surface area contributed by atoms with E-state index in [1.807, 2.05) is 0 Å². The van der Waals surface area contributed by atoms with Crippen LogP contribution in [0.25, 0.3) is 21.8 Å². The van der Waals surface area contributed by atoms with Crippen LogP contribution in [-0.2, 0) is 4.74 Å². The van der Waals surface area contributed by atoms with Crippen LogP contribution in [0.3, 0.4) is 0 Å². The summed E-state index contributed by atoms with van der Waals surface area (Å²) in [5.74, 6) is -1.87. The molecule has 3 heterocycles. The van der Waals surface area contributed by atoms with Crippen molar-refractivity contribution in [2.24, 2.45) is 0 Å². The van der Waals surface area contributed by atoms with Gasteiger partial charge in [0.05, 0.1) is 46.1 Å². The van der Waals surface area contributed by atoms with Gasteiger partial charge in [-0.3, -0.25) is 0 Å². The number of anilines is 2. The molecule has 186 valence electrons. The molecule has 1 aliphatic heterocycles. The highest BCUT2D eigenvalue weighted by Gasteiger charge is 2.26. The molecule has 2 aromatic carbocycles. The number of nitrogens with zero attached hydrogens (tertiary/aromatic N) is 3. The van der Waals surface area contributed by atoms with Gasteiger partial charge < -0.3 is 20.5 Å². The number of rotatable bonds is 6. The molecule has 4 aromatic rings. The lowest BCUT2D eigenvalue weighted by Crippen LogP contribution is -2.34. The number of nitrogens with two attached hydrogens (primary N) is 1. The lowest BCUT2D eigenvalue weighted by atomic mass is 10.1. The van der Waals surface area contributed by atoms with Gasteiger partial charge in [-0.1, -0.05) is 11.6 Å². The van der Waals surface area contributed by atoms with Crippen LogP contribution in [0.5, 0.6) is 0 Å². The van der Waals surface area contributed by atoms with E-state index in [2.05, 4.69) is 20.0 Å². The Hall–Kier alpha value is -2.90. The number of aromatic nitrogens is 3. The molecule has 0 amide bonds. The summed E-state index contributed by atoms with van der Waals surface area (Å²) < 4.78 is 51.7. The molecule has 0 bridgehead atoms. The van der Waals surface area contributed by atoms with Crippen molar-refractivity contribution in [2.45, 2.75) is 10.9 Å². The summed E-state index contributed by atoms with van der Waals surface area (Å²) in [7, 11) is 0. The van der Waals surface area contributed by atoms with Crippen molar-refractivity contribution >= 4 is 46.5 Å². The van der Waals surface area contributed by atoms with Gasteiger partial charge in [0, 0.05) is 23.3 Å². The maximum Gasteiger partial charge on any atom is 0.220 e. The zero-order valence-corrected chi connectivity index (χ0v) is 20.8. The average Bonchev–Trinajstić information content (AvgIpc) is 3.32. The maximum atomic E-state index is 15.8. The third-order valence-corrected chi connectivity index (χ3v) is 7.49. The second-order valence-corrected chi connectivity index (χ2v) is 10.0. The van der Waals surface area contributed by atoms with Gasteiger partial charge >= 0.3 is 0 Å². The Morgan fingerprint density at radius 3 is 2.81 bits per heavy atom. The summed E-state index contributed by atoms with van der Waals surface area (Å²) in [6, 6.07) is 7.31. The van der Waals surface area contributed by atoms with E-state index >= 15 is 4.39 Å². The Labute approximate surface area is 217 Å². The predicted molar refractivity (Wildman–Crippen MR) is 135 cm³/mol. The first-order valence-corrected chi connectivity index (χ1v) is 12.7. The Kier molecular flexibility index (Phi) is 7.30. The molecule has 36 heavy (non-hydrogen) atoms. The normalized spacial score (nSPS) is 15.7. The van der Waals surface area contributed by atoms with E-state index in [-0.39, 0.29) is 33.2 Å². The molecule has 0 radical (unpaired) electrons. The smallest absolute Gasteiger partial charge is 0.220 e. The van der Waals surface area contributed by atoms with Crippen LogP contribution in [0, 0.1) is 17.5 Å². The van der Waals surface area contributed by atoms with Crippen LogP contribution in [0.15, 0.2) is 47.5 Å². The second kappa shape index (κ2) is 10.6. The Morgan fingerprint density at radius 2 is 2.03 bits per heavy atom. The zero-order valence-electron chi connectivity index (χ0n) is 18.4. The van der Waals surface area contributed by atoms with Crippen LogP contribution < -0.4 is 15.8 Å².